The Labute approximate surface area is 183 Å². The van der Waals surface area contributed by atoms with E-state index in [0.717, 1.165) is 18.0 Å². The van der Waals surface area contributed by atoms with Crippen molar-refractivity contribution >= 4 is 28.3 Å². The highest BCUT2D eigenvalue weighted by atomic mass is 32.1. The lowest BCUT2D eigenvalue weighted by Gasteiger charge is -2.16. The summed E-state index contributed by atoms with van der Waals surface area (Å²) in [7, 11) is 1.16. The molecule has 0 saturated heterocycles. The third-order valence-electron chi connectivity index (χ3n) is 3.32. The van der Waals surface area contributed by atoms with Gasteiger partial charge in [-0.2, -0.15) is 49.5 Å². The Balaban J connectivity index is 2.18. The van der Waals surface area contributed by atoms with Crippen molar-refractivity contribution in [3.8, 4) is 11.8 Å². The maximum Gasteiger partial charge on any atom is 0.422 e. The van der Waals surface area contributed by atoms with Gasteiger partial charge in [0, 0.05) is 11.9 Å². The van der Waals surface area contributed by atoms with E-state index in [1.54, 1.807) is 0 Å². The number of carbonyl (C=O) groups excluding carboxylic acids is 1. The standard InChI is InChI=1S/C16H13F9N4O3S/c1-29(11-3-2-8(33-11)5-14(17,18)19)13(30)28-12-26-9(31-6-15(20,21)22)4-10(27-12)32-7-16(23,24)25/h2-4H,5-7H2,1H3,(H,26,27,28,30). The molecule has 0 aliphatic heterocycles. The largest absolute Gasteiger partial charge is 0.468 e. The number of halogens is 9. The van der Waals surface area contributed by atoms with Crippen molar-refractivity contribution in [2.24, 2.45) is 0 Å². The lowest BCUT2D eigenvalue weighted by Crippen LogP contribution is -2.31. The van der Waals surface area contributed by atoms with Crippen molar-refractivity contribution < 1.29 is 53.8 Å². The molecule has 0 fully saturated rings. The van der Waals surface area contributed by atoms with E-state index in [0.29, 0.717) is 17.4 Å². The van der Waals surface area contributed by atoms with E-state index >= 15 is 0 Å². The second kappa shape index (κ2) is 9.88. The minimum absolute atomic E-state index is 0.0600. The molecule has 0 bridgehead atoms. The number of amides is 2. The van der Waals surface area contributed by atoms with Crippen LogP contribution in [-0.4, -0.2) is 54.8 Å². The van der Waals surface area contributed by atoms with Gasteiger partial charge in [0.15, 0.2) is 13.2 Å². The van der Waals surface area contributed by atoms with Crippen LogP contribution in [0.2, 0.25) is 0 Å². The average Bonchev–Trinajstić information content (AvgIpc) is 3.09. The Morgan fingerprint density at radius 2 is 1.45 bits per heavy atom. The first-order valence-electron chi connectivity index (χ1n) is 8.49. The maximum atomic E-state index is 12.5. The summed E-state index contributed by atoms with van der Waals surface area (Å²) in [5.41, 5.74) is 0. The third-order valence-corrected chi connectivity index (χ3v) is 4.48. The second-order valence-corrected chi connectivity index (χ2v) is 7.34. The van der Waals surface area contributed by atoms with Crippen LogP contribution in [0.15, 0.2) is 18.2 Å². The zero-order valence-electron chi connectivity index (χ0n) is 16.2. The molecular formula is C16H13F9N4O3S. The highest BCUT2D eigenvalue weighted by molar-refractivity contribution is 7.16. The molecule has 2 rings (SSSR count). The molecule has 0 aromatic carbocycles. The van der Waals surface area contributed by atoms with Gasteiger partial charge in [-0.05, 0) is 12.1 Å². The number of rotatable bonds is 7. The molecule has 33 heavy (non-hydrogen) atoms. The quantitative estimate of drug-likeness (QED) is 0.517. The topological polar surface area (TPSA) is 76.6 Å². The fourth-order valence-electron chi connectivity index (χ4n) is 2.04. The number of alkyl halides is 9. The van der Waals surface area contributed by atoms with E-state index in [1.807, 2.05) is 5.32 Å². The first-order chi connectivity index (χ1) is 15.0. The van der Waals surface area contributed by atoms with E-state index in [1.165, 1.54) is 6.07 Å². The first-order valence-corrected chi connectivity index (χ1v) is 9.31. The molecule has 17 heteroatoms. The molecule has 0 aliphatic rings. The van der Waals surface area contributed by atoms with E-state index < -0.39 is 61.9 Å². The minimum Gasteiger partial charge on any atom is -0.468 e. The molecule has 2 heterocycles. The lowest BCUT2D eigenvalue weighted by atomic mass is 10.3. The molecule has 2 aromatic rings. The van der Waals surface area contributed by atoms with Crippen molar-refractivity contribution in [2.45, 2.75) is 24.9 Å². The van der Waals surface area contributed by atoms with E-state index in [-0.39, 0.29) is 9.88 Å². The molecule has 2 aromatic heterocycles. The minimum atomic E-state index is -4.80. The number of hydrogen-bond acceptors (Lipinski definition) is 6. The molecule has 2 amide bonds. The average molecular weight is 512 g/mol. The van der Waals surface area contributed by atoms with Crippen molar-refractivity contribution in [1.82, 2.24) is 9.97 Å². The monoisotopic (exact) mass is 512 g/mol. The maximum absolute atomic E-state index is 12.5. The van der Waals surface area contributed by atoms with Crippen LogP contribution in [0.1, 0.15) is 4.88 Å². The van der Waals surface area contributed by atoms with Gasteiger partial charge in [-0.25, -0.2) is 4.79 Å². The summed E-state index contributed by atoms with van der Waals surface area (Å²) < 4.78 is 120. The van der Waals surface area contributed by atoms with E-state index in [4.69, 9.17) is 0 Å². The Kier molecular flexibility index (Phi) is 7.87. The summed E-state index contributed by atoms with van der Waals surface area (Å²) in [6.07, 6.45) is -15.3. The van der Waals surface area contributed by atoms with Gasteiger partial charge in [-0.15, -0.1) is 11.3 Å². The fraction of sp³-hybridized carbons (Fsp3) is 0.438. The van der Waals surface area contributed by atoms with Crippen LogP contribution in [0.5, 0.6) is 11.8 Å². The van der Waals surface area contributed by atoms with Gasteiger partial charge in [0.05, 0.1) is 17.5 Å². The van der Waals surface area contributed by atoms with Gasteiger partial charge in [0.2, 0.25) is 17.7 Å². The summed E-state index contributed by atoms with van der Waals surface area (Å²) in [5.74, 6) is -2.46. The van der Waals surface area contributed by atoms with Crippen LogP contribution in [0, 0.1) is 0 Å². The van der Waals surface area contributed by atoms with Gasteiger partial charge in [-0.1, -0.05) is 0 Å². The highest BCUT2D eigenvalue weighted by Gasteiger charge is 2.31. The second-order valence-electron chi connectivity index (χ2n) is 6.20. The molecule has 184 valence electrons. The zero-order valence-corrected chi connectivity index (χ0v) is 17.0. The highest BCUT2D eigenvalue weighted by Crippen LogP contribution is 2.31. The lowest BCUT2D eigenvalue weighted by molar-refractivity contribution is -0.154. The van der Waals surface area contributed by atoms with Gasteiger partial charge < -0.3 is 9.47 Å². The van der Waals surface area contributed by atoms with E-state index in [2.05, 4.69) is 19.4 Å². The van der Waals surface area contributed by atoms with Crippen molar-refractivity contribution in [3.05, 3.63) is 23.1 Å². The van der Waals surface area contributed by atoms with Crippen molar-refractivity contribution in [1.29, 1.82) is 0 Å². The Morgan fingerprint density at radius 1 is 0.939 bits per heavy atom. The number of nitrogens with one attached hydrogen (secondary N) is 1. The number of thiophene rings is 1. The van der Waals surface area contributed by atoms with Crippen molar-refractivity contribution in [2.75, 3.05) is 30.5 Å². The molecule has 0 spiro atoms. The van der Waals surface area contributed by atoms with Gasteiger partial charge >= 0.3 is 24.6 Å². The Bertz CT molecular complexity index is 924. The summed E-state index contributed by atoms with van der Waals surface area (Å²) in [6.45, 7) is -3.68. The molecule has 0 aliphatic carbocycles. The summed E-state index contributed by atoms with van der Waals surface area (Å²) in [6, 6.07) is 1.86. The molecule has 0 atom stereocenters. The van der Waals surface area contributed by atoms with Crippen LogP contribution in [0.25, 0.3) is 0 Å². The molecule has 0 radical (unpaired) electrons. The van der Waals surface area contributed by atoms with Gasteiger partial charge in [-0.3, -0.25) is 10.2 Å². The molecule has 0 saturated carbocycles. The Morgan fingerprint density at radius 3 is 1.91 bits per heavy atom. The molecule has 0 unspecified atom stereocenters. The summed E-state index contributed by atoms with van der Waals surface area (Å²) in [5, 5.41) is 2.06. The Hall–Kier alpha value is -2.98. The first kappa shape index (κ1) is 26.3. The van der Waals surface area contributed by atoms with Crippen LogP contribution in [0.3, 0.4) is 0 Å². The van der Waals surface area contributed by atoms with Crippen LogP contribution in [-0.2, 0) is 6.42 Å². The number of ether oxygens (including phenoxy) is 2. The van der Waals surface area contributed by atoms with Crippen LogP contribution in [0.4, 0.5) is 55.3 Å². The fourth-order valence-corrected chi connectivity index (χ4v) is 3.03. The van der Waals surface area contributed by atoms with Gasteiger partial charge in [0.1, 0.15) is 0 Å². The molecular weight excluding hydrogens is 499 g/mol. The number of urea groups is 1. The van der Waals surface area contributed by atoms with Gasteiger partial charge in [0.25, 0.3) is 0 Å². The van der Waals surface area contributed by atoms with Crippen LogP contribution >= 0.6 is 11.3 Å². The number of nitrogens with zero attached hydrogens (tertiary/aromatic N) is 3. The molecule has 1 N–H and O–H groups in total. The van der Waals surface area contributed by atoms with Crippen LogP contribution < -0.4 is 19.7 Å². The zero-order chi connectivity index (χ0) is 25.0. The smallest absolute Gasteiger partial charge is 0.422 e. The predicted octanol–water partition coefficient (Wildman–Crippen LogP) is 5.19. The molecule has 7 nitrogen and oxygen atoms in total. The summed E-state index contributed by atoms with van der Waals surface area (Å²) >= 11 is 0.640. The third kappa shape index (κ3) is 9.58. The SMILES string of the molecule is CN(C(=O)Nc1nc(OCC(F)(F)F)cc(OCC(F)(F)F)n1)c1ccc(CC(F)(F)F)s1. The number of carbonyl (C=O) groups is 1. The number of aromatic nitrogens is 2. The number of anilines is 2. The predicted molar refractivity (Wildman–Crippen MR) is 96.6 cm³/mol. The normalized spacial score (nSPS) is 12.4. The van der Waals surface area contributed by atoms with Crippen molar-refractivity contribution in [3.63, 3.8) is 0 Å². The summed E-state index contributed by atoms with van der Waals surface area (Å²) in [4.78, 5) is 20.0. The van der Waals surface area contributed by atoms with E-state index in [9.17, 15) is 44.3 Å². The number of hydrogen-bond donors (Lipinski definition) is 1.